The summed E-state index contributed by atoms with van der Waals surface area (Å²) in [6.07, 6.45) is -2.44. The molecule has 3 heterocycles. The number of carbonyl (C=O) groups excluding carboxylic acids is 2. The molecule has 1 aromatic heterocycles. The van der Waals surface area contributed by atoms with Crippen LogP contribution in [0.3, 0.4) is 0 Å². The second kappa shape index (κ2) is 12.6. The van der Waals surface area contributed by atoms with Crippen molar-refractivity contribution in [2.75, 3.05) is 46.2 Å². The molecule has 2 aliphatic heterocycles. The van der Waals surface area contributed by atoms with Gasteiger partial charge in [0.1, 0.15) is 22.9 Å². The molecule has 2 amide bonds. The van der Waals surface area contributed by atoms with E-state index in [1.807, 2.05) is 7.05 Å². The van der Waals surface area contributed by atoms with Crippen LogP contribution in [0.5, 0.6) is 17.4 Å². The number of amides is 2. The van der Waals surface area contributed by atoms with Gasteiger partial charge in [-0.1, -0.05) is 12.1 Å². The minimum atomic E-state index is -4.90. The van der Waals surface area contributed by atoms with Gasteiger partial charge in [0, 0.05) is 25.4 Å². The Kier molecular flexibility index (Phi) is 8.87. The van der Waals surface area contributed by atoms with Gasteiger partial charge >= 0.3 is 6.18 Å². The number of hydrogen-bond acceptors (Lipinski definition) is 9. The van der Waals surface area contributed by atoms with Crippen LogP contribution in [0.25, 0.3) is 0 Å². The van der Waals surface area contributed by atoms with Gasteiger partial charge in [-0.05, 0) is 50.0 Å². The molecular formula is C29H30F4N6O5. The minimum absolute atomic E-state index is 0.0195. The van der Waals surface area contributed by atoms with Crippen LogP contribution in [0.4, 0.5) is 29.2 Å². The largest absolute Gasteiger partial charge is 0.495 e. The number of likely N-dealkylation sites (tertiary alicyclic amines) is 1. The number of nitrogens with one attached hydrogen (secondary N) is 2. The lowest BCUT2D eigenvalue weighted by molar-refractivity contribution is -0.139. The lowest BCUT2D eigenvalue weighted by Crippen LogP contribution is -2.39. The first-order valence-electron chi connectivity index (χ1n) is 13.7. The van der Waals surface area contributed by atoms with Gasteiger partial charge in [0.15, 0.2) is 0 Å². The number of carbonyl (C=O) groups is 2. The van der Waals surface area contributed by atoms with Gasteiger partial charge in [-0.3, -0.25) is 14.4 Å². The summed E-state index contributed by atoms with van der Waals surface area (Å²) in [6, 6.07) is 6.62. The molecule has 5 rings (SSSR count). The summed E-state index contributed by atoms with van der Waals surface area (Å²) in [5.74, 6) is -3.29. The zero-order valence-corrected chi connectivity index (χ0v) is 24.1. The van der Waals surface area contributed by atoms with E-state index in [4.69, 9.17) is 14.3 Å². The van der Waals surface area contributed by atoms with E-state index in [9.17, 15) is 22.8 Å². The summed E-state index contributed by atoms with van der Waals surface area (Å²) in [7, 11) is 4.58. The smallest absolute Gasteiger partial charge is 0.423 e. The minimum Gasteiger partial charge on any atom is -0.495 e. The number of piperidine rings is 1. The Bertz CT molecular complexity index is 1570. The van der Waals surface area contributed by atoms with Gasteiger partial charge in [0.2, 0.25) is 11.8 Å². The molecule has 1 atom stereocenters. The molecule has 0 spiro atoms. The number of ether oxygens (including phenoxy) is 2. The normalized spacial score (nSPS) is 16.9. The standard InChI is InChI=1S/C29H30F4N6O5/c1-38-9-5-6-16(14-38)12-34-25(40)18-10-23(42-2)21(11-20(18)30)36-28-35-13-19(29(31,32)33)26(37-28)44-22-8-4-7-17-15-39(43-3)27(41)24(17)22/h4,7-8,10-11,13,16H,5-6,9,12,14-15H2,1-3H3,(H,34,40)(H,35,36,37)/t16-/m0/s1. The zero-order valence-electron chi connectivity index (χ0n) is 24.1. The van der Waals surface area contributed by atoms with E-state index >= 15 is 4.39 Å². The fourth-order valence-corrected chi connectivity index (χ4v) is 5.22. The first-order valence-corrected chi connectivity index (χ1v) is 13.7. The van der Waals surface area contributed by atoms with E-state index in [0.717, 1.165) is 37.1 Å². The number of aromatic nitrogens is 2. The molecule has 3 aromatic rings. The van der Waals surface area contributed by atoms with Crippen molar-refractivity contribution < 1.29 is 41.5 Å². The van der Waals surface area contributed by atoms with Crippen LogP contribution in [0.15, 0.2) is 36.5 Å². The Morgan fingerprint density at radius 1 is 1.18 bits per heavy atom. The first-order chi connectivity index (χ1) is 21.0. The molecule has 0 unspecified atom stereocenters. The second-order valence-corrected chi connectivity index (χ2v) is 10.5. The van der Waals surface area contributed by atoms with Crippen LogP contribution in [0, 0.1) is 11.7 Å². The topological polar surface area (TPSA) is 118 Å². The fourth-order valence-electron chi connectivity index (χ4n) is 5.22. The van der Waals surface area contributed by atoms with E-state index in [-0.39, 0.29) is 46.7 Å². The highest BCUT2D eigenvalue weighted by atomic mass is 19.4. The number of hydroxylamine groups is 2. The van der Waals surface area contributed by atoms with Crippen LogP contribution < -0.4 is 20.1 Å². The molecule has 0 radical (unpaired) electrons. The number of nitrogens with zero attached hydrogens (tertiary/aromatic N) is 4. The second-order valence-electron chi connectivity index (χ2n) is 10.5. The summed E-state index contributed by atoms with van der Waals surface area (Å²) in [5, 5.41) is 6.43. The maximum Gasteiger partial charge on any atom is 0.423 e. The first kappa shape index (κ1) is 30.9. The number of benzene rings is 2. The predicted molar refractivity (Wildman–Crippen MR) is 149 cm³/mol. The maximum atomic E-state index is 15.1. The molecule has 0 bridgehead atoms. The van der Waals surface area contributed by atoms with Gasteiger partial charge < -0.3 is 25.0 Å². The van der Waals surface area contributed by atoms with Gasteiger partial charge in [0.25, 0.3) is 11.8 Å². The number of rotatable bonds is 9. The fraction of sp³-hybridized carbons (Fsp3) is 0.379. The van der Waals surface area contributed by atoms with Gasteiger partial charge in [-0.15, -0.1) is 0 Å². The summed E-state index contributed by atoms with van der Waals surface area (Å²) in [6.45, 7) is 2.28. The van der Waals surface area contributed by atoms with Gasteiger partial charge in [-0.2, -0.15) is 18.2 Å². The van der Waals surface area contributed by atoms with Crippen molar-refractivity contribution in [2.45, 2.75) is 25.6 Å². The Morgan fingerprint density at radius 2 is 1.98 bits per heavy atom. The Labute approximate surface area is 250 Å². The van der Waals surface area contributed by atoms with Crippen molar-refractivity contribution in [2.24, 2.45) is 5.92 Å². The average Bonchev–Trinajstić information content (AvgIpc) is 3.32. The van der Waals surface area contributed by atoms with Crippen molar-refractivity contribution in [3.8, 4) is 17.4 Å². The monoisotopic (exact) mass is 618 g/mol. The summed E-state index contributed by atoms with van der Waals surface area (Å²) >= 11 is 0. The number of halogens is 4. The predicted octanol–water partition coefficient (Wildman–Crippen LogP) is 4.77. The van der Waals surface area contributed by atoms with Crippen molar-refractivity contribution in [3.05, 3.63) is 64.6 Å². The van der Waals surface area contributed by atoms with Crippen molar-refractivity contribution in [3.63, 3.8) is 0 Å². The Morgan fingerprint density at radius 3 is 2.68 bits per heavy atom. The van der Waals surface area contributed by atoms with Gasteiger partial charge in [0.05, 0.1) is 37.6 Å². The Hall–Kier alpha value is -4.50. The van der Waals surface area contributed by atoms with E-state index in [2.05, 4.69) is 25.5 Å². The maximum absolute atomic E-state index is 15.1. The number of methoxy groups -OCH3 is 1. The molecule has 0 aliphatic carbocycles. The number of fused-ring (bicyclic) bond motifs is 1. The molecule has 0 saturated carbocycles. The lowest BCUT2D eigenvalue weighted by Gasteiger charge is -2.29. The molecule has 11 nitrogen and oxygen atoms in total. The number of hydrogen-bond donors (Lipinski definition) is 2. The zero-order chi connectivity index (χ0) is 31.6. The molecular weight excluding hydrogens is 588 g/mol. The van der Waals surface area contributed by atoms with E-state index in [1.54, 1.807) is 6.07 Å². The summed E-state index contributed by atoms with van der Waals surface area (Å²) in [5.41, 5.74) is -1.09. The Balaban J connectivity index is 1.39. The van der Waals surface area contributed by atoms with Crippen molar-refractivity contribution in [1.82, 2.24) is 25.2 Å². The third-order valence-electron chi connectivity index (χ3n) is 7.41. The molecule has 2 N–H and O–H groups in total. The molecule has 15 heteroatoms. The van der Waals surface area contributed by atoms with Crippen LogP contribution in [-0.4, -0.2) is 72.6 Å². The third kappa shape index (κ3) is 6.53. The van der Waals surface area contributed by atoms with E-state index < -0.39 is 35.3 Å². The average molecular weight is 619 g/mol. The quantitative estimate of drug-likeness (QED) is 0.327. The highest BCUT2D eigenvalue weighted by molar-refractivity contribution is 6.00. The summed E-state index contributed by atoms with van der Waals surface area (Å²) < 4.78 is 67.7. The number of anilines is 2. The molecule has 234 valence electrons. The van der Waals surface area contributed by atoms with E-state index in [1.165, 1.54) is 32.4 Å². The summed E-state index contributed by atoms with van der Waals surface area (Å²) in [4.78, 5) is 40.3. The highest BCUT2D eigenvalue weighted by Crippen LogP contribution is 2.40. The van der Waals surface area contributed by atoms with Crippen molar-refractivity contribution >= 4 is 23.5 Å². The van der Waals surface area contributed by atoms with Crippen molar-refractivity contribution in [1.29, 1.82) is 0 Å². The molecule has 1 saturated heterocycles. The van der Waals surface area contributed by atoms with Crippen LogP contribution in [-0.2, 0) is 17.6 Å². The molecule has 1 fully saturated rings. The lowest BCUT2D eigenvalue weighted by atomic mass is 9.98. The highest BCUT2D eigenvalue weighted by Gasteiger charge is 2.38. The van der Waals surface area contributed by atoms with Crippen LogP contribution >= 0.6 is 0 Å². The third-order valence-corrected chi connectivity index (χ3v) is 7.41. The number of alkyl halides is 3. The van der Waals surface area contributed by atoms with Gasteiger partial charge in [-0.25, -0.2) is 14.4 Å². The van der Waals surface area contributed by atoms with Crippen LogP contribution in [0.1, 0.15) is 44.7 Å². The molecule has 2 aromatic carbocycles. The van der Waals surface area contributed by atoms with E-state index in [0.29, 0.717) is 18.3 Å². The van der Waals surface area contributed by atoms with Crippen LogP contribution in [0.2, 0.25) is 0 Å². The molecule has 44 heavy (non-hydrogen) atoms. The SMILES string of the molecule is COc1cc(C(=O)NC[C@@H]2CCCN(C)C2)c(F)cc1Nc1ncc(C(F)(F)F)c(Oc2cccc3c2C(=O)N(OC)C3)n1. The molecule has 2 aliphatic rings.